The minimum atomic E-state index is -0.431. The molecule has 0 N–H and O–H groups in total. The maximum absolute atomic E-state index is 9.09. The van der Waals surface area contributed by atoms with Crippen LogP contribution in [0.15, 0.2) is 194 Å². The molecule has 9 aromatic carbocycles. The van der Waals surface area contributed by atoms with Crippen molar-refractivity contribution >= 4 is 76.1 Å². The van der Waals surface area contributed by atoms with Crippen LogP contribution in [0, 0.1) is 0 Å². The van der Waals surface area contributed by atoms with Crippen molar-refractivity contribution in [3.8, 4) is 34.0 Å². The first kappa shape index (κ1) is 26.3. The van der Waals surface area contributed by atoms with E-state index in [-0.39, 0.29) is 29.9 Å². The zero-order valence-electron chi connectivity index (χ0n) is 34.9. The van der Waals surface area contributed by atoms with Crippen LogP contribution in [0.5, 0.6) is 0 Å². The molecule has 0 atom stereocenters. The largest absolute Gasteiger partial charge is 0.309 e. The summed E-state index contributed by atoms with van der Waals surface area (Å²) >= 11 is 0. The number of aromatic nitrogens is 4. The highest BCUT2D eigenvalue weighted by molar-refractivity contribution is 6.22. The van der Waals surface area contributed by atoms with Crippen molar-refractivity contribution in [3.05, 3.63) is 194 Å². The summed E-state index contributed by atoms with van der Waals surface area (Å²) in [6.07, 6.45) is 0. The Morgan fingerprint density at radius 2 is 1.07 bits per heavy atom. The van der Waals surface area contributed by atoms with E-state index in [9.17, 15) is 0 Å². The summed E-state index contributed by atoms with van der Waals surface area (Å²) < 4.78 is 47.8. The second kappa shape index (κ2) is 12.0. The molecule has 0 fully saturated rings. The number of nitrogens with zero attached hydrogens (tertiary/aromatic N) is 4. The van der Waals surface area contributed by atoms with Crippen molar-refractivity contribution in [1.82, 2.24) is 19.1 Å². The van der Waals surface area contributed by atoms with Crippen LogP contribution in [0.2, 0.25) is 0 Å². The van der Waals surface area contributed by atoms with Gasteiger partial charge in [0, 0.05) is 38.2 Å². The second-order valence-corrected chi connectivity index (χ2v) is 14.3. The molecule has 260 valence electrons. The van der Waals surface area contributed by atoms with Crippen LogP contribution in [0.4, 0.5) is 0 Å². The summed E-state index contributed by atoms with van der Waals surface area (Å²) in [6, 6.07) is 54.4. The van der Waals surface area contributed by atoms with Crippen LogP contribution >= 0.6 is 0 Å². The van der Waals surface area contributed by atoms with Crippen LogP contribution < -0.4 is 0 Å². The van der Waals surface area contributed by atoms with Crippen molar-refractivity contribution < 1.29 is 6.85 Å². The lowest BCUT2D eigenvalue weighted by Gasteiger charge is -2.13. The summed E-state index contributed by atoms with van der Waals surface area (Å²) in [4.78, 5) is 10.7. The van der Waals surface area contributed by atoms with Gasteiger partial charge in [0.2, 0.25) is 5.95 Å². The van der Waals surface area contributed by atoms with Crippen LogP contribution in [0.1, 0.15) is 6.85 Å². The van der Waals surface area contributed by atoms with E-state index in [1.165, 1.54) is 0 Å². The van der Waals surface area contributed by atoms with Crippen LogP contribution in [0.25, 0.3) is 110 Å². The molecule has 0 amide bonds. The van der Waals surface area contributed by atoms with Gasteiger partial charge < -0.3 is 4.57 Å². The lowest BCUT2D eigenvalue weighted by atomic mass is 10.0. The lowest BCUT2D eigenvalue weighted by Crippen LogP contribution is -2.03. The minimum absolute atomic E-state index is 0.0963. The van der Waals surface area contributed by atoms with E-state index in [4.69, 9.17) is 16.8 Å². The van der Waals surface area contributed by atoms with Gasteiger partial charge in [-0.05, 0) is 87.2 Å². The van der Waals surface area contributed by atoms with E-state index in [1.807, 2.05) is 65.2 Å². The first-order valence-electron chi connectivity index (χ1n) is 21.2. The standard InChI is InChI=1S/C52H32N4/c1-3-13-33(14-4-1)37-25-27-46-43(30-37)44-29-35-16-7-8-17-36(35)31-49(44)56(46)52-53-45-22-12-11-21-41(45)51(54-52)38-23-26-42-48(32-38)55(39-18-5-2-6-19-39)47-28-24-34-15-9-10-20-40(34)50(42)47/h1-32H/i2D,5D,6D,18D,19D. The van der Waals surface area contributed by atoms with Gasteiger partial charge in [0.05, 0.1) is 40.1 Å². The highest BCUT2D eigenvalue weighted by atomic mass is 15.2. The van der Waals surface area contributed by atoms with E-state index in [1.54, 1.807) is 0 Å². The van der Waals surface area contributed by atoms with Crippen molar-refractivity contribution in [3.63, 3.8) is 0 Å². The molecule has 0 radical (unpaired) electrons. The van der Waals surface area contributed by atoms with E-state index < -0.39 is 6.04 Å². The third-order valence-corrected chi connectivity index (χ3v) is 11.2. The molecular weight excluding hydrogens is 681 g/mol. The summed E-state index contributed by atoms with van der Waals surface area (Å²) in [5.41, 5.74) is 8.05. The average molecular weight is 718 g/mol. The zero-order chi connectivity index (χ0) is 41.1. The van der Waals surface area contributed by atoms with Crippen molar-refractivity contribution in [2.24, 2.45) is 0 Å². The van der Waals surface area contributed by atoms with Crippen molar-refractivity contribution in [1.29, 1.82) is 0 Å². The van der Waals surface area contributed by atoms with Crippen LogP contribution in [-0.4, -0.2) is 19.1 Å². The molecule has 12 rings (SSSR count). The Labute approximate surface area is 329 Å². The van der Waals surface area contributed by atoms with E-state index >= 15 is 0 Å². The monoisotopic (exact) mass is 717 g/mol. The highest BCUT2D eigenvalue weighted by Crippen LogP contribution is 2.41. The van der Waals surface area contributed by atoms with E-state index in [0.29, 0.717) is 17.2 Å². The third-order valence-electron chi connectivity index (χ3n) is 11.2. The summed E-state index contributed by atoms with van der Waals surface area (Å²) in [7, 11) is 0. The van der Waals surface area contributed by atoms with E-state index in [0.717, 1.165) is 87.2 Å². The first-order valence-corrected chi connectivity index (χ1v) is 18.7. The van der Waals surface area contributed by atoms with Gasteiger partial charge >= 0.3 is 0 Å². The van der Waals surface area contributed by atoms with Crippen molar-refractivity contribution in [2.45, 2.75) is 0 Å². The molecule has 3 aromatic heterocycles. The van der Waals surface area contributed by atoms with Gasteiger partial charge in [-0.3, -0.25) is 4.57 Å². The van der Waals surface area contributed by atoms with Gasteiger partial charge in [0.1, 0.15) is 0 Å². The SMILES string of the molecule is [2H]c1c([2H])c([2H])c(-n2c3cc(-c4nc(-n5c6ccc(-c7ccccc7)cc6c6cc7ccccc7cc65)nc5ccccc45)ccc3c3c4ccccc4ccc32)c([2H])c1[2H]. The van der Waals surface area contributed by atoms with Gasteiger partial charge in [0.15, 0.2) is 0 Å². The van der Waals surface area contributed by atoms with Crippen LogP contribution in [0.3, 0.4) is 0 Å². The molecule has 3 heterocycles. The zero-order valence-corrected chi connectivity index (χ0v) is 29.9. The molecule has 4 heteroatoms. The Hall–Kier alpha value is -7.56. The fourth-order valence-corrected chi connectivity index (χ4v) is 8.65. The fourth-order valence-electron chi connectivity index (χ4n) is 8.65. The number of para-hydroxylation sites is 2. The molecule has 12 aromatic rings. The van der Waals surface area contributed by atoms with Gasteiger partial charge in [-0.1, -0.05) is 139 Å². The fraction of sp³-hybridized carbons (Fsp3) is 0. The summed E-state index contributed by atoms with van der Waals surface area (Å²) in [5, 5.41) is 9.19. The molecule has 0 saturated heterocycles. The normalized spacial score (nSPS) is 13.2. The molecule has 0 bridgehead atoms. The maximum Gasteiger partial charge on any atom is 0.235 e. The molecule has 0 spiro atoms. The Kier molecular flexibility index (Phi) is 5.61. The summed E-state index contributed by atoms with van der Waals surface area (Å²) in [5.74, 6) is 0.522. The Morgan fingerprint density at radius 3 is 1.93 bits per heavy atom. The van der Waals surface area contributed by atoms with E-state index in [2.05, 4.69) is 108 Å². The van der Waals surface area contributed by atoms with Gasteiger partial charge in [0.25, 0.3) is 0 Å². The summed E-state index contributed by atoms with van der Waals surface area (Å²) in [6.45, 7) is 0. The highest BCUT2D eigenvalue weighted by Gasteiger charge is 2.21. The molecule has 0 aliphatic heterocycles. The molecule has 0 saturated carbocycles. The Balaban J connectivity index is 1.16. The average Bonchev–Trinajstić information content (AvgIpc) is 3.81. The number of benzene rings is 9. The minimum Gasteiger partial charge on any atom is -0.309 e. The number of hydrogen-bond donors (Lipinski definition) is 0. The quantitative estimate of drug-likeness (QED) is 0.182. The second-order valence-electron chi connectivity index (χ2n) is 14.3. The molecule has 0 aliphatic carbocycles. The predicted molar refractivity (Wildman–Crippen MR) is 234 cm³/mol. The molecule has 0 unspecified atom stereocenters. The third kappa shape index (κ3) is 4.60. The maximum atomic E-state index is 9.09. The van der Waals surface area contributed by atoms with Crippen LogP contribution in [-0.2, 0) is 0 Å². The molecule has 4 nitrogen and oxygen atoms in total. The molecule has 0 aliphatic rings. The number of rotatable bonds is 4. The number of hydrogen-bond acceptors (Lipinski definition) is 2. The lowest BCUT2D eigenvalue weighted by molar-refractivity contribution is 1.01. The topological polar surface area (TPSA) is 35.6 Å². The van der Waals surface area contributed by atoms with Crippen molar-refractivity contribution in [2.75, 3.05) is 0 Å². The Morgan fingerprint density at radius 1 is 0.393 bits per heavy atom. The smallest absolute Gasteiger partial charge is 0.235 e. The number of fused-ring (bicyclic) bond motifs is 10. The molecular formula is C52H32N4. The van der Waals surface area contributed by atoms with Gasteiger partial charge in [-0.25, -0.2) is 9.97 Å². The molecule has 56 heavy (non-hydrogen) atoms. The first-order chi connectivity index (χ1) is 29.8. The Bertz CT molecular complexity index is 3810. The van der Waals surface area contributed by atoms with Gasteiger partial charge in [-0.2, -0.15) is 0 Å². The predicted octanol–water partition coefficient (Wildman–Crippen LogP) is 13.5. The van der Waals surface area contributed by atoms with Gasteiger partial charge in [-0.15, -0.1) is 0 Å².